The molecule has 0 saturated carbocycles. The van der Waals surface area contributed by atoms with Gasteiger partial charge in [0.1, 0.15) is 0 Å². The van der Waals surface area contributed by atoms with Crippen molar-refractivity contribution in [2.45, 2.75) is 129 Å². The first-order chi connectivity index (χ1) is 17.2. The van der Waals surface area contributed by atoms with E-state index in [4.69, 9.17) is 18.9 Å². The van der Waals surface area contributed by atoms with Crippen LogP contribution in [0.5, 0.6) is 0 Å². The molecule has 1 unspecified atom stereocenters. The van der Waals surface area contributed by atoms with E-state index in [0.717, 1.165) is 39.4 Å². The predicted octanol–water partition coefficient (Wildman–Crippen LogP) is 7.65. The molecule has 0 aliphatic carbocycles. The van der Waals surface area contributed by atoms with E-state index in [9.17, 15) is 0 Å². The molecule has 0 bridgehead atoms. The first kappa shape index (κ1) is 34.8. The van der Waals surface area contributed by atoms with Crippen LogP contribution < -0.4 is 0 Å². The molecule has 0 amide bonds. The fourth-order valence-corrected chi connectivity index (χ4v) is 4.06. The fourth-order valence-electron chi connectivity index (χ4n) is 4.06. The predicted molar refractivity (Wildman–Crippen MR) is 151 cm³/mol. The molecule has 0 N–H and O–H groups in total. The minimum Gasteiger partial charge on any atom is -0.379 e. The summed E-state index contributed by atoms with van der Waals surface area (Å²) in [6.45, 7) is 10.4. The molecular formula is C30H63NO4. The Morgan fingerprint density at radius 1 is 0.486 bits per heavy atom. The maximum absolute atomic E-state index is 5.80. The van der Waals surface area contributed by atoms with Crippen molar-refractivity contribution < 1.29 is 18.9 Å². The summed E-state index contributed by atoms with van der Waals surface area (Å²) in [5.41, 5.74) is 0. The number of unbranched alkanes of at least 4 members (excludes halogenated alkanes) is 15. The second-order valence-electron chi connectivity index (χ2n) is 10.4. The lowest BCUT2D eigenvalue weighted by atomic mass is 10.0. The van der Waals surface area contributed by atoms with Crippen LogP contribution in [0, 0.1) is 0 Å². The Kier molecular flexibility index (Phi) is 29.9. The van der Waals surface area contributed by atoms with E-state index in [1.165, 1.54) is 103 Å². The van der Waals surface area contributed by atoms with Crippen LogP contribution in [-0.4, -0.2) is 77.9 Å². The molecule has 0 saturated heterocycles. The highest BCUT2D eigenvalue weighted by Crippen LogP contribution is 2.13. The van der Waals surface area contributed by atoms with Gasteiger partial charge in [-0.15, -0.1) is 0 Å². The Hall–Kier alpha value is -0.200. The average Bonchev–Trinajstić information content (AvgIpc) is 2.84. The van der Waals surface area contributed by atoms with Gasteiger partial charge < -0.3 is 23.8 Å². The van der Waals surface area contributed by atoms with Crippen LogP contribution in [0.1, 0.15) is 123 Å². The van der Waals surface area contributed by atoms with Crippen molar-refractivity contribution in [3.63, 3.8) is 0 Å². The summed E-state index contributed by atoms with van der Waals surface area (Å²) < 4.78 is 22.7. The maximum Gasteiger partial charge on any atom is 0.0780 e. The molecule has 0 rings (SSSR count). The Morgan fingerprint density at radius 2 is 0.943 bits per heavy atom. The van der Waals surface area contributed by atoms with Gasteiger partial charge in [0.2, 0.25) is 0 Å². The fraction of sp³-hybridized carbons (Fsp3) is 1.00. The summed E-state index contributed by atoms with van der Waals surface area (Å²) in [6.07, 6.45) is 23.5. The lowest BCUT2D eigenvalue weighted by Crippen LogP contribution is -2.19. The zero-order valence-electron chi connectivity index (χ0n) is 24.3. The molecule has 212 valence electrons. The molecule has 0 aliphatic heterocycles. The third-order valence-corrected chi connectivity index (χ3v) is 6.39. The van der Waals surface area contributed by atoms with Crippen molar-refractivity contribution in [1.29, 1.82) is 0 Å². The molecule has 0 spiro atoms. The van der Waals surface area contributed by atoms with Crippen molar-refractivity contribution >= 4 is 0 Å². The molecule has 0 fully saturated rings. The number of ether oxygens (including phenoxy) is 4. The van der Waals surface area contributed by atoms with Crippen molar-refractivity contribution in [3.8, 4) is 0 Å². The van der Waals surface area contributed by atoms with Crippen molar-refractivity contribution in [2.24, 2.45) is 0 Å². The summed E-state index contributed by atoms with van der Waals surface area (Å²) in [5.74, 6) is 0. The topological polar surface area (TPSA) is 40.2 Å². The first-order valence-electron chi connectivity index (χ1n) is 15.2. The number of hydrogen-bond acceptors (Lipinski definition) is 5. The van der Waals surface area contributed by atoms with Crippen LogP contribution >= 0.6 is 0 Å². The zero-order valence-corrected chi connectivity index (χ0v) is 24.3. The molecular weight excluding hydrogens is 438 g/mol. The standard InChI is InChI=1S/C30H63NO4/c1-5-6-7-8-9-10-11-12-13-14-15-16-17-18-19-20-23-34-29-30(2)35-25-21-24-32-27-28-33-26-22-31(3)4/h30H,5-29H2,1-4H3. The third-order valence-electron chi connectivity index (χ3n) is 6.39. The highest BCUT2D eigenvalue weighted by molar-refractivity contribution is 4.51. The molecule has 0 aromatic heterocycles. The van der Waals surface area contributed by atoms with Crippen LogP contribution in [0.3, 0.4) is 0 Å². The van der Waals surface area contributed by atoms with E-state index in [1.807, 2.05) is 14.1 Å². The van der Waals surface area contributed by atoms with Crippen LogP contribution in [0.15, 0.2) is 0 Å². The molecule has 35 heavy (non-hydrogen) atoms. The molecule has 0 aliphatic rings. The Morgan fingerprint density at radius 3 is 1.46 bits per heavy atom. The van der Waals surface area contributed by atoms with Crippen molar-refractivity contribution in [2.75, 3.05) is 66.9 Å². The van der Waals surface area contributed by atoms with Gasteiger partial charge in [0.05, 0.1) is 32.5 Å². The summed E-state index contributed by atoms with van der Waals surface area (Å²) in [7, 11) is 4.10. The second kappa shape index (κ2) is 30.0. The Bertz CT molecular complexity index is 381. The summed E-state index contributed by atoms with van der Waals surface area (Å²) in [4.78, 5) is 2.12. The van der Waals surface area contributed by atoms with E-state index < -0.39 is 0 Å². The van der Waals surface area contributed by atoms with Gasteiger partial charge in [-0.1, -0.05) is 103 Å². The van der Waals surface area contributed by atoms with Gasteiger partial charge in [0.25, 0.3) is 0 Å². The second-order valence-corrected chi connectivity index (χ2v) is 10.4. The highest BCUT2D eigenvalue weighted by atomic mass is 16.5. The molecule has 1 atom stereocenters. The minimum atomic E-state index is 0.158. The number of likely N-dealkylation sites (N-methyl/N-ethyl adjacent to an activating group) is 1. The SMILES string of the molecule is CCCCCCCCCCCCCCCCCCOCC(C)OCCCOCCOCCN(C)C. The largest absolute Gasteiger partial charge is 0.379 e. The lowest BCUT2D eigenvalue weighted by Gasteiger charge is -2.14. The van der Waals surface area contributed by atoms with Crippen LogP contribution in [0.25, 0.3) is 0 Å². The van der Waals surface area contributed by atoms with Gasteiger partial charge in [-0.2, -0.15) is 0 Å². The molecule has 5 heteroatoms. The first-order valence-corrected chi connectivity index (χ1v) is 15.2. The van der Waals surface area contributed by atoms with Gasteiger partial charge in [-0.3, -0.25) is 0 Å². The highest BCUT2D eigenvalue weighted by Gasteiger charge is 2.02. The van der Waals surface area contributed by atoms with E-state index in [1.54, 1.807) is 0 Å². The van der Waals surface area contributed by atoms with Gasteiger partial charge in [0, 0.05) is 26.4 Å². The summed E-state index contributed by atoms with van der Waals surface area (Å²) >= 11 is 0. The Balaban J connectivity index is 3.13. The third kappa shape index (κ3) is 31.8. The van der Waals surface area contributed by atoms with E-state index in [-0.39, 0.29) is 6.10 Å². The maximum atomic E-state index is 5.80. The average molecular weight is 502 g/mol. The number of nitrogens with zero attached hydrogens (tertiary/aromatic N) is 1. The van der Waals surface area contributed by atoms with E-state index >= 15 is 0 Å². The van der Waals surface area contributed by atoms with Crippen LogP contribution in [0.4, 0.5) is 0 Å². The monoisotopic (exact) mass is 501 g/mol. The zero-order chi connectivity index (χ0) is 25.7. The Labute approximate surface area is 220 Å². The number of hydrogen-bond donors (Lipinski definition) is 0. The van der Waals surface area contributed by atoms with Gasteiger partial charge in [0.15, 0.2) is 0 Å². The summed E-state index contributed by atoms with van der Waals surface area (Å²) in [6, 6.07) is 0. The quantitative estimate of drug-likeness (QED) is 0.0945. The van der Waals surface area contributed by atoms with Gasteiger partial charge >= 0.3 is 0 Å². The van der Waals surface area contributed by atoms with E-state index in [0.29, 0.717) is 19.8 Å². The molecule has 0 aromatic carbocycles. The van der Waals surface area contributed by atoms with E-state index in [2.05, 4.69) is 18.7 Å². The summed E-state index contributed by atoms with van der Waals surface area (Å²) in [5, 5.41) is 0. The molecule has 0 aromatic rings. The molecule has 0 radical (unpaired) electrons. The van der Waals surface area contributed by atoms with Gasteiger partial charge in [-0.05, 0) is 33.9 Å². The molecule has 0 heterocycles. The van der Waals surface area contributed by atoms with Crippen LogP contribution in [0.2, 0.25) is 0 Å². The minimum absolute atomic E-state index is 0.158. The lowest BCUT2D eigenvalue weighted by molar-refractivity contribution is -0.0181. The van der Waals surface area contributed by atoms with Gasteiger partial charge in [-0.25, -0.2) is 0 Å². The number of rotatable bonds is 30. The normalized spacial score (nSPS) is 12.6. The van der Waals surface area contributed by atoms with Crippen LogP contribution in [-0.2, 0) is 18.9 Å². The smallest absolute Gasteiger partial charge is 0.0780 e. The van der Waals surface area contributed by atoms with Crippen molar-refractivity contribution in [3.05, 3.63) is 0 Å². The molecule has 5 nitrogen and oxygen atoms in total. The van der Waals surface area contributed by atoms with Crippen molar-refractivity contribution in [1.82, 2.24) is 4.90 Å².